The summed E-state index contributed by atoms with van der Waals surface area (Å²) in [6, 6.07) is 0.918. The number of hydrogen-bond donors (Lipinski definition) is 2. The molecule has 94 valence electrons. The fourth-order valence-electron chi connectivity index (χ4n) is 2.00. The van der Waals surface area contributed by atoms with Gasteiger partial charge < -0.3 is 4.90 Å². The van der Waals surface area contributed by atoms with Crippen LogP contribution in [0.4, 0.5) is 0 Å². The Morgan fingerprint density at radius 2 is 2.19 bits per heavy atom. The number of hydrazine groups is 1. The molecule has 1 fully saturated rings. The molecule has 0 heterocycles. The van der Waals surface area contributed by atoms with Crippen LogP contribution in [0.2, 0.25) is 0 Å². The molecule has 3 N–H and O–H groups in total. The van der Waals surface area contributed by atoms with Crippen LogP contribution in [-0.4, -0.2) is 42.0 Å². The standard InChI is InChI=1S/C11H24N4S/c1-9(8-16-3)15(2)11(14-12)13-10-6-4-5-7-10/h9-10H,4-8,12H2,1-3H3,(H,13,14). The molecule has 1 aliphatic carbocycles. The fourth-order valence-corrected chi connectivity index (χ4v) is 2.70. The summed E-state index contributed by atoms with van der Waals surface area (Å²) < 4.78 is 0. The van der Waals surface area contributed by atoms with E-state index in [0.29, 0.717) is 12.1 Å². The molecule has 0 aromatic carbocycles. The van der Waals surface area contributed by atoms with Gasteiger partial charge in [-0.2, -0.15) is 11.8 Å². The van der Waals surface area contributed by atoms with E-state index < -0.39 is 0 Å². The van der Waals surface area contributed by atoms with E-state index in [2.05, 4.69) is 30.6 Å². The molecule has 5 heteroatoms. The Kier molecular flexibility index (Phi) is 5.98. The molecule has 0 spiro atoms. The summed E-state index contributed by atoms with van der Waals surface area (Å²) in [5.41, 5.74) is 2.73. The van der Waals surface area contributed by atoms with Crippen molar-refractivity contribution in [3.8, 4) is 0 Å². The third kappa shape index (κ3) is 3.87. The predicted molar refractivity (Wildman–Crippen MR) is 72.6 cm³/mol. The molecule has 0 aromatic rings. The first-order chi connectivity index (χ1) is 7.69. The fraction of sp³-hybridized carbons (Fsp3) is 0.909. The summed E-state index contributed by atoms with van der Waals surface area (Å²) in [5.74, 6) is 7.47. The lowest BCUT2D eigenvalue weighted by Crippen LogP contribution is -2.48. The van der Waals surface area contributed by atoms with Crippen LogP contribution in [0.25, 0.3) is 0 Å². The van der Waals surface area contributed by atoms with Gasteiger partial charge in [-0.3, -0.25) is 5.43 Å². The van der Waals surface area contributed by atoms with E-state index in [1.807, 2.05) is 11.8 Å². The van der Waals surface area contributed by atoms with Gasteiger partial charge in [0.05, 0.1) is 6.04 Å². The molecule has 0 amide bonds. The Morgan fingerprint density at radius 1 is 1.56 bits per heavy atom. The second-order valence-electron chi connectivity index (χ2n) is 4.45. The van der Waals surface area contributed by atoms with Crippen molar-refractivity contribution in [2.45, 2.75) is 44.7 Å². The Morgan fingerprint density at radius 3 is 2.69 bits per heavy atom. The Hall–Kier alpha value is -0.420. The van der Waals surface area contributed by atoms with Gasteiger partial charge in [0.25, 0.3) is 0 Å². The van der Waals surface area contributed by atoms with Crippen molar-refractivity contribution in [1.29, 1.82) is 0 Å². The number of aliphatic imine (C=N–C) groups is 1. The van der Waals surface area contributed by atoms with Crippen LogP contribution in [0.3, 0.4) is 0 Å². The molecule has 0 aromatic heterocycles. The van der Waals surface area contributed by atoms with Gasteiger partial charge in [0.1, 0.15) is 0 Å². The highest BCUT2D eigenvalue weighted by atomic mass is 32.2. The largest absolute Gasteiger partial charge is 0.341 e. The number of hydrogen-bond acceptors (Lipinski definition) is 3. The van der Waals surface area contributed by atoms with Gasteiger partial charge in [0, 0.05) is 18.8 Å². The predicted octanol–water partition coefficient (Wildman–Crippen LogP) is 1.43. The second kappa shape index (κ2) is 7.01. The van der Waals surface area contributed by atoms with Crippen molar-refractivity contribution in [3.63, 3.8) is 0 Å². The van der Waals surface area contributed by atoms with Crippen molar-refractivity contribution in [2.24, 2.45) is 10.8 Å². The van der Waals surface area contributed by atoms with Gasteiger partial charge in [-0.15, -0.1) is 0 Å². The molecular weight excluding hydrogens is 220 g/mol. The first-order valence-corrected chi connectivity index (χ1v) is 7.34. The lowest BCUT2D eigenvalue weighted by Gasteiger charge is -2.27. The van der Waals surface area contributed by atoms with Crippen molar-refractivity contribution >= 4 is 17.7 Å². The first-order valence-electron chi connectivity index (χ1n) is 5.95. The minimum atomic E-state index is 0.450. The van der Waals surface area contributed by atoms with Crippen LogP contribution in [-0.2, 0) is 0 Å². The molecule has 1 aliphatic rings. The van der Waals surface area contributed by atoms with Crippen molar-refractivity contribution in [3.05, 3.63) is 0 Å². The molecule has 0 saturated heterocycles. The molecular formula is C11H24N4S. The first kappa shape index (κ1) is 13.6. The second-order valence-corrected chi connectivity index (χ2v) is 5.36. The third-order valence-electron chi connectivity index (χ3n) is 3.16. The number of thioether (sulfide) groups is 1. The van der Waals surface area contributed by atoms with E-state index in [9.17, 15) is 0 Å². The zero-order valence-corrected chi connectivity index (χ0v) is 11.4. The van der Waals surface area contributed by atoms with Crippen LogP contribution in [0.15, 0.2) is 4.99 Å². The lowest BCUT2D eigenvalue weighted by atomic mass is 10.3. The summed E-state index contributed by atoms with van der Waals surface area (Å²) in [7, 11) is 2.05. The molecule has 4 nitrogen and oxygen atoms in total. The van der Waals surface area contributed by atoms with Crippen LogP contribution in [0.1, 0.15) is 32.6 Å². The average Bonchev–Trinajstić information content (AvgIpc) is 2.78. The monoisotopic (exact) mass is 244 g/mol. The minimum absolute atomic E-state index is 0.450. The summed E-state index contributed by atoms with van der Waals surface area (Å²) in [5, 5.41) is 0. The number of nitrogens with one attached hydrogen (secondary N) is 1. The number of rotatable bonds is 4. The quantitative estimate of drug-likeness (QED) is 0.340. The van der Waals surface area contributed by atoms with Gasteiger partial charge in [-0.25, -0.2) is 10.8 Å². The molecule has 1 unspecified atom stereocenters. The van der Waals surface area contributed by atoms with E-state index in [1.165, 1.54) is 25.7 Å². The van der Waals surface area contributed by atoms with E-state index >= 15 is 0 Å². The zero-order chi connectivity index (χ0) is 12.0. The molecule has 16 heavy (non-hydrogen) atoms. The van der Waals surface area contributed by atoms with E-state index in [1.54, 1.807) is 0 Å². The molecule has 0 bridgehead atoms. The average molecular weight is 244 g/mol. The van der Waals surface area contributed by atoms with E-state index in [0.717, 1.165) is 11.7 Å². The van der Waals surface area contributed by atoms with Crippen molar-refractivity contribution < 1.29 is 0 Å². The summed E-state index contributed by atoms with van der Waals surface area (Å²) in [6.07, 6.45) is 7.13. The maximum absolute atomic E-state index is 5.56. The van der Waals surface area contributed by atoms with Gasteiger partial charge in [0.15, 0.2) is 0 Å². The zero-order valence-electron chi connectivity index (χ0n) is 10.6. The summed E-state index contributed by atoms with van der Waals surface area (Å²) in [4.78, 5) is 6.83. The number of guanidine groups is 1. The minimum Gasteiger partial charge on any atom is -0.341 e. The van der Waals surface area contributed by atoms with Gasteiger partial charge >= 0.3 is 0 Å². The van der Waals surface area contributed by atoms with Gasteiger partial charge in [-0.1, -0.05) is 12.8 Å². The van der Waals surface area contributed by atoms with Crippen LogP contribution in [0.5, 0.6) is 0 Å². The molecule has 1 rings (SSSR count). The third-order valence-corrected chi connectivity index (χ3v) is 3.98. The van der Waals surface area contributed by atoms with E-state index in [-0.39, 0.29) is 0 Å². The number of nitrogens with zero attached hydrogens (tertiary/aromatic N) is 2. The van der Waals surface area contributed by atoms with Crippen LogP contribution < -0.4 is 11.3 Å². The summed E-state index contributed by atoms with van der Waals surface area (Å²) >= 11 is 1.84. The normalized spacial score (nSPS) is 19.9. The SMILES string of the molecule is CSCC(C)N(C)C(=NC1CCCC1)NN. The Labute approximate surface area is 103 Å². The number of nitrogens with two attached hydrogens (primary N) is 1. The lowest BCUT2D eigenvalue weighted by molar-refractivity contribution is 0.403. The van der Waals surface area contributed by atoms with E-state index in [4.69, 9.17) is 10.8 Å². The Balaban J connectivity index is 2.57. The topological polar surface area (TPSA) is 53.6 Å². The highest BCUT2D eigenvalue weighted by Crippen LogP contribution is 2.21. The molecule has 0 radical (unpaired) electrons. The smallest absolute Gasteiger partial charge is 0.208 e. The van der Waals surface area contributed by atoms with Crippen LogP contribution >= 0.6 is 11.8 Å². The van der Waals surface area contributed by atoms with Gasteiger partial charge in [-0.05, 0) is 26.0 Å². The molecule has 0 aliphatic heterocycles. The maximum Gasteiger partial charge on any atom is 0.208 e. The van der Waals surface area contributed by atoms with Crippen LogP contribution in [0, 0.1) is 0 Å². The van der Waals surface area contributed by atoms with Crippen molar-refractivity contribution in [2.75, 3.05) is 19.1 Å². The highest BCUT2D eigenvalue weighted by Gasteiger charge is 2.18. The molecule has 1 saturated carbocycles. The summed E-state index contributed by atoms with van der Waals surface area (Å²) in [6.45, 7) is 2.19. The van der Waals surface area contributed by atoms with Gasteiger partial charge in [0.2, 0.25) is 5.96 Å². The highest BCUT2D eigenvalue weighted by molar-refractivity contribution is 7.98. The Bertz CT molecular complexity index is 226. The maximum atomic E-state index is 5.56. The van der Waals surface area contributed by atoms with Crippen molar-refractivity contribution in [1.82, 2.24) is 10.3 Å². The molecule has 1 atom stereocenters.